The third-order valence-electron chi connectivity index (χ3n) is 4.30. The van der Waals surface area contributed by atoms with Crippen molar-refractivity contribution in [1.82, 2.24) is 10.3 Å². The van der Waals surface area contributed by atoms with Crippen LogP contribution in [0.3, 0.4) is 0 Å². The normalized spacial score (nSPS) is 10.7. The number of benzene rings is 2. The highest BCUT2D eigenvalue weighted by atomic mass is 32.1. The second-order valence-electron chi connectivity index (χ2n) is 6.25. The average Bonchev–Trinajstić information content (AvgIpc) is 2.61. The van der Waals surface area contributed by atoms with E-state index < -0.39 is 0 Å². The van der Waals surface area contributed by atoms with Crippen molar-refractivity contribution in [2.45, 2.75) is 20.3 Å². The summed E-state index contributed by atoms with van der Waals surface area (Å²) in [5.41, 5.74) is 4.41. The highest BCUT2D eigenvalue weighted by molar-refractivity contribution is 7.80. The van der Waals surface area contributed by atoms with Crippen LogP contribution in [0.4, 0.5) is 10.1 Å². The van der Waals surface area contributed by atoms with Gasteiger partial charge in [0.2, 0.25) is 0 Å². The molecule has 4 nitrogen and oxygen atoms in total. The molecule has 1 heterocycles. The van der Waals surface area contributed by atoms with Crippen LogP contribution in [0.2, 0.25) is 0 Å². The van der Waals surface area contributed by atoms with Gasteiger partial charge in [-0.2, -0.15) is 0 Å². The summed E-state index contributed by atoms with van der Waals surface area (Å²) in [6, 6.07) is 12.0. The van der Waals surface area contributed by atoms with Crippen LogP contribution in [0.1, 0.15) is 16.7 Å². The largest absolute Gasteiger partial charge is 0.362 e. The molecule has 3 N–H and O–H groups in total. The van der Waals surface area contributed by atoms with Crippen molar-refractivity contribution in [3.05, 3.63) is 75.3 Å². The molecular weight excluding hydrogens is 349 g/mol. The number of fused-ring (bicyclic) bond motifs is 1. The number of rotatable bonds is 4. The van der Waals surface area contributed by atoms with Gasteiger partial charge in [0.25, 0.3) is 5.56 Å². The molecule has 2 aromatic carbocycles. The molecule has 0 aliphatic rings. The molecule has 0 spiro atoms. The molecule has 0 radical (unpaired) electrons. The standard InChI is InChI=1S/C20H20FN3OS/c1-12-3-4-13(2)18-17(12)11-14(19(25)24-18)9-10-22-20(26)23-16-7-5-15(21)6-8-16/h3-8,11H,9-10H2,1-2H3,(H,24,25)(H2,22,23,26). The Morgan fingerprint density at radius 3 is 2.54 bits per heavy atom. The number of aromatic amines is 1. The Labute approximate surface area is 156 Å². The van der Waals surface area contributed by atoms with Crippen molar-refractivity contribution in [2.24, 2.45) is 0 Å². The van der Waals surface area contributed by atoms with Crippen LogP contribution in [0.5, 0.6) is 0 Å². The molecule has 0 saturated carbocycles. The topological polar surface area (TPSA) is 56.9 Å². The minimum absolute atomic E-state index is 0.0783. The first-order chi connectivity index (χ1) is 12.4. The summed E-state index contributed by atoms with van der Waals surface area (Å²) >= 11 is 5.23. The van der Waals surface area contributed by atoms with E-state index in [1.807, 2.05) is 26.0 Å². The van der Waals surface area contributed by atoms with Crippen molar-refractivity contribution in [1.29, 1.82) is 0 Å². The first-order valence-electron chi connectivity index (χ1n) is 8.36. The van der Waals surface area contributed by atoms with Crippen LogP contribution < -0.4 is 16.2 Å². The maximum absolute atomic E-state index is 12.9. The lowest BCUT2D eigenvalue weighted by Gasteiger charge is -2.11. The molecule has 0 atom stereocenters. The summed E-state index contributed by atoms with van der Waals surface area (Å²) in [7, 11) is 0. The zero-order valence-electron chi connectivity index (χ0n) is 14.7. The van der Waals surface area contributed by atoms with E-state index in [0.29, 0.717) is 29.3 Å². The zero-order chi connectivity index (χ0) is 18.7. The molecule has 0 bridgehead atoms. The second kappa shape index (κ2) is 7.66. The third kappa shape index (κ3) is 4.08. The molecule has 134 valence electrons. The monoisotopic (exact) mass is 369 g/mol. The summed E-state index contributed by atoms with van der Waals surface area (Å²) in [4.78, 5) is 15.3. The number of aromatic nitrogens is 1. The van der Waals surface area contributed by atoms with Crippen LogP contribution in [0.25, 0.3) is 10.9 Å². The minimum Gasteiger partial charge on any atom is -0.362 e. The molecule has 26 heavy (non-hydrogen) atoms. The van der Waals surface area contributed by atoms with Gasteiger partial charge in [0.1, 0.15) is 5.82 Å². The summed E-state index contributed by atoms with van der Waals surface area (Å²) in [5.74, 6) is -0.296. The smallest absolute Gasteiger partial charge is 0.251 e. The van der Waals surface area contributed by atoms with E-state index >= 15 is 0 Å². The number of thiocarbonyl (C=S) groups is 1. The van der Waals surface area contributed by atoms with Gasteiger partial charge in [-0.05, 0) is 73.9 Å². The van der Waals surface area contributed by atoms with Crippen molar-refractivity contribution in [2.75, 3.05) is 11.9 Å². The van der Waals surface area contributed by atoms with Crippen molar-refractivity contribution < 1.29 is 4.39 Å². The number of halogens is 1. The van der Waals surface area contributed by atoms with Gasteiger partial charge in [0.15, 0.2) is 5.11 Å². The molecule has 0 saturated heterocycles. The number of aryl methyl sites for hydroxylation is 2. The van der Waals surface area contributed by atoms with Gasteiger partial charge in [0.05, 0.1) is 5.52 Å². The van der Waals surface area contributed by atoms with E-state index in [0.717, 1.165) is 22.0 Å². The average molecular weight is 369 g/mol. The van der Waals surface area contributed by atoms with Gasteiger partial charge in [0, 0.05) is 23.2 Å². The SMILES string of the molecule is Cc1ccc(C)c2[nH]c(=O)c(CCNC(=S)Nc3ccc(F)cc3)cc12. The Kier molecular flexibility index (Phi) is 5.32. The summed E-state index contributed by atoms with van der Waals surface area (Å²) < 4.78 is 12.9. The van der Waals surface area contributed by atoms with E-state index in [-0.39, 0.29) is 11.4 Å². The predicted octanol–water partition coefficient (Wildman–Crippen LogP) is 3.81. The molecule has 0 amide bonds. The number of anilines is 1. The number of hydrogen-bond donors (Lipinski definition) is 3. The number of hydrogen-bond acceptors (Lipinski definition) is 2. The molecule has 3 aromatic rings. The van der Waals surface area contributed by atoms with Crippen LogP contribution in [0.15, 0.2) is 47.3 Å². The van der Waals surface area contributed by atoms with E-state index in [2.05, 4.69) is 21.7 Å². The maximum Gasteiger partial charge on any atom is 0.251 e. The predicted molar refractivity (Wildman–Crippen MR) is 108 cm³/mol. The zero-order valence-corrected chi connectivity index (χ0v) is 15.5. The lowest BCUT2D eigenvalue weighted by Crippen LogP contribution is -2.31. The quantitative estimate of drug-likeness (QED) is 0.612. The fourth-order valence-corrected chi connectivity index (χ4v) is 3.04. The summed E-state index contributed by atoms with van der Waals surface area (Å²) in [6.07, 6.45) is 0.546. The third-order valence-corrected chi connectivity index (χ3v) is 4.55. The summed E-state index contributed by atoms with van der Waals surface area (Å²) in [5, 5.41) is 7.55. The van der Waals surface area contributed by atoms with Crippen LogP contribution in [0, 0.1) is 19.7 Å². The van der Waals surface area contributed by atoms with Gasteiger partial charge in [-0.25, -0.2) is 4.39 Å². The minimum atomic E-state index is -0.296. The molecule has 0 aliphatic carbocycles. The molecule has 3 rings (SSSR count). The van der Waals surface area contributed by atoms with Gasteiger partial charge >= 0.3 is 0 Å². The van der Waals surface area contributed by atoms with E-state index in [9.17, 15) is 9.18 Å². The van der Waals surface area contributed by atoms with Gasteiger partial charge in [-0.3, -0.25) is 4.79 Å². The number of nitrogens with one attached hydrogen (secondary N) is 3. The van der Waals surface area contributed by atoms with E-state index in [1.165, 1.54) is 12.1 Å². The number of pyridine rings is 1. The molecular formula is C20H20FN3OS. The fourth-order valence-electron chi connectivity index (χ4n) is 2.82. The Bertz CT molecular complexity index is 1010. The van der Waals surface area contributed by atoms with Crippen LogP contribution in [-0.4, -0.2) is 16.6 Å². The Morgan fingerprint density at radius 1 is 1.12 bits per heavy atom. The van der Waals surface area contributed by atoms with Gasteiger partial charge in [-0.15, -0.1) is 0 Å². The highest BCUT2D eigenvalue weighted by Gasteiger charge is 2.07. The first kappa shape index (κ1) is 18.1. The highest BCUT2D eigenvalue weighted by Crippen LogP contribution is 2.19. The van der Waals surface area contributed by atoms with Crippen molar-refractivity contribution in [3.63, 3.8) is 0 Å². The molecule has 1 aromatic heterocycles. The lowest BCUT2D eigenvalue weighted by molar-refractivity contribution is 0.628. The molecule has 6 heteroatoms. The van der Waals surface area contributed by atoms with Gasteiger partial charge in [-0.1, -0.05) is 12.1 Å². The van der Waals surface area contributed by atoms with Gasteiger partial charge < -0.3 is 15.6 Å². The van der Waals surface area contributed by atoms with E-state index in [4.69, 9.17) is 12.2 Å². The fraction of sp³-hybridized carbons (Fsp3) is 0.200. The van der Waals surface area contributed by atoms with Crippen LogP contribution in [-0.2, 0) is 6.42 Å². The Morgan fingerprint density at radius 2 is 1.81 bits per heavy atom. The lowest BCUT2D eigenvalue weighted by atomic mass is 10.0. The van der Waals surface area contributed by atoms with E-state index in [1.54, 1.807) is 12.1 Å². The maximum atomic E-state index is 12.9. The Balaban J connectivity index is 1.65. The second-order valence-corrected chi connectivity index (χ2v) is 6.66. The van der Waals surface area contributed by atoms with Crippen molar-refractivity contribution >= 4 is 33.9 Å². The van der Waals surface area contributed by atoms with Crippen molar-refractivity contribution in [3.8, 4) is 0 Å². The first-order valence-corrected chi connectivity index (χ1v) is 8.77. The summed E-state index contributed by atoms with van der Waals surface area (Å²) in [6.45, 7) is 4.54. The molecule has 0 unspecified atom stereocenters. The molecule has 0 fully saturated rings. The molecule has 0 aliphatic heterocycles. The number of H-pyrrole nitrogens is 1. The Hall–Kier alpha value is -2.73. The van der Waals surface area contributed by atoms with Crippen LogP contribution >= 0.6 is 12.2 Å².